The van der Waals surface area contributed by atoms with E-state index in [0.717, 1.165) is 12.8 Å². The minimum atomic E-state index is -3.40. The van der Waals surface area contributed by atoms with Crippen molar-refractivity contribution in [2.45, 2.75) is 25.7 Å². The van der Waals surface area contributed by atoms with E-state index in [9.17, 15) is 13.6 Å². The average molecular weight is 207 g/mol. The Bertz CT molecular complexity index is 205. The van der Waals surface area contributed by atoms with Crippen LogP contribution in [0.5, 0.6) is 0 Å². The molecule has 5 heteroatoms. The molecule has 1 N–H and O–H groups in total. The molecule has 0 aromatic heterocycles. The lowest BCUT2D eigenvalue weighted by Gasteiger charge is -2.14. The van der Waals surface area contributed by atoms with Crippen molar-refractivity contribution >= 4 is 5.97 Å². The molecule has 0 saturated heterocycles. The molecule has 3 nitrogen and oxygen atoms in total. The van der Waals surface area contributed by atoms with E-state index in [2.05, 4.69) is 10.1 Å². The van der Waals surface area contributed by atoms with E-state index in [-0.39, 0.29) is 6.61 Å². The fourth-order valence-electron chi connectivity index (χ4n) is 1.06. The number of esters is 1. The molecule has 0 atom stereocenters. The van der Waals surface area contributed by atoms with Gasteiger partial charge in [0.25, 0.3) is 0 Å². The maximum Gasteiger partial charge on any atom is 0.378 e. The van der Waals surface area contributed by atoms with Crippen molar-refractivity contribution in [2.24, 2.45) is 5.92 Å². The van der Waals surface area contributed by atoms with Crippen LogP contribution in [-0.2, 0) is 9.53 Å². The topological polar surface area (TPSA) is 38.3 Å². The number of ether oxygens (including phenoxy) is 1. The molecule has 0 aromatic carbocycles. The number of carbonyl (C=O) groups is 1. The van der Waals surface area contributed by atoms with Gasteiger partial charge in [-0.25, -0.2) is 4.79 Å². The molecule has 0 spiro atoms. The van der Waals surface area contributed by atoms with Gasteiger partial charge in [0.05, 0.1) is 13.2 Å². The van der Waals surface area contributed by atoms with Crippen molar-refractivity contribution < 1.29 is 18.3 Å². The lowest BCUT2D eigenvalue weighted by molar-refractivity contribution is -0.170. The van der Waals surface area contributed by atoms with Crippen LogP contribution in [0.4, 0.5) is 8.78 Å². The van der Waals surface area contributed by atoms with E-state index in [0.29, 0.717) is 12.5 Å². The van der Waals surface area contributed by atoms with Crippen LogP contribution < -0.4 is 5.32 Å². The molecule has 14 heavy (non-hydrogen) atoms. The second-order valence-electron chi connectivity index (χ2n) is 3.50. The molecular weight excluding hydrogens is 192 g/mol. The van der Waals surface area contributed by atoms with E-state index < -0.39 is 18.4 Å². The molecule has 0 unspecified atom stereocenters. The number of hydrogen-bond donors (Lipinski definition) is 1. The highest BCUT2D eigenvalue weighted by atomic mass is 19.3. The number of hydrogen-bond acceptors (Lipinski definition) is 3. The number of rotatable bonds is 6. The Balaban J connectivity index is 2.20. The van der Waals surface area contributed by atoms with Crippen LogP contribution in [-0.4, -0.2) is 31.6 Å². The lowest BCUT2D eigenvalue weighted by Crippen LogP contribution is -2.41. The molecule has 0 bridgehead atoms. The maximum absolute atomic E-state index is 12.9. The summed E-state index contributed by atoms with van der Waals surface area (Å²) in [6.45, 7) is 1.43. The minimum Gasteiger partial charge on any atom is -0.462 e. The highest BCUT2D eigenvalue weighted by Gasteiger charge is 2.40. The minimum absolute atomic E-state index is 0.0168. The SMILES string of the molecule is CCOC(=O)C(F)(F)CNCC1CC1. The van der Waals surface area contributed by atoms with E-state index >= 15 is 0 Å². The van der Waals surface area contributed by atoms with Gasteiger partial charge in [0.15, 0.2) is 0 Å². The monoisotopic (exact) mass is 207 g/mol. The second-order valence-corrected chi connectivity index (χ2v) is 3.50. The van der Waals surface area contributed by atoms with E-state index in [4.69, 9.17) is 0 Å². The van der Waals surface area contributed by atoms with Crippen molar-refractivity contribution in [3.8, 4) is 0 Å². The van der Waals surface area contributed by atoms with Gasteiger partial charge in [-0.05, 0) is 32.2 Å². The third kappa shape index (κ3) is 3.57. The van der Waals surface area contributed by atoms with Crippen LogP contribution >= 0.6 is 0 Å². The molecule has 0 aliphatic heterocycles. The molecule has 0 radical (unpaired) electrons. The summed E-state index contributed by atoms with van der Waals surface area (Å²) in [4.78, 5) is 10.7. The van der Waals surface area contributed by atoms with Crippen molar-refractivity contribution in [3.63, 3.8) is 0 Å². The Morgan fingerprint density at radius 3 is 2.71 bits per heavy atom. The summed E-state index contributed by atoms with van der Waals surface area (Å²) >= 11 is 0. The fourth-order valence-corrected chi connectivity index (χ4v) is 1.06. The summed E-state index contributed by atoms with van der Waals surface area (Å²) in [6.07, 6.45) is 2.19. The lowest BCUT2D eigenvalue weighted by atomic mass is 10.3. The molecule has 1 rings (SSSR count). The fraction of sp³-hybridized carbons (Fsp3) is 0.889. The Kier molecular flexibility index (Phi) is 3.80. The molecular formula is C9H15F2NO2. The third-order valence-electron chi connectivity index (χ3n) is 2.05. The summed E-state index contributed by atoms with van der Waals surface area (Å²) in [5.41, 5.74) is 0. The highest BCUT2D eigenvalue weighted by molar-refractivity contribution is 5.77. The summed E-state index contributed by atoms with van der Waals surface area (Å²) < 4.78 is 30.1. The van der Waals surface area contributed by atoms with Gasteiger partial charge >= 0.3 is 11.9 Å². The van der Waals surface area contributed by atoms with Gasteiger partial charge in [-0.15, -0.1) is 0 Å². The van der Waals surface area contributed by atoms with Gasteiger partial charge in [0, 0.05) is 0 Å². The van der Waals surface area contributed by atoms with Crippen molar-refractivity contribution in [3.05, 3.63) is 0 Å². The van der Waals surface area contributed by atoms with Crippen molar-refractivity contribution in [1.29, 1.82) is 0 Å². The number of halogens is 2. The summed E-state index contributed by atoms with van der Waals surface area (Å²) in [5, 5.41) is 2.58. The molecule has 1 aliphatic carbocycles. The number of nitrogens with one attached hydrogen (secondary N) is 1. The molecule has 82 valence electrons. The Labute approximate surface area is 81.8 Å². The Morgan fingerprint density at radius 2 is 2.21 bits per heavy atom. The molecule has 0 aromatic rings. The highest BCUT2D eigenvalue weighted by Crippen LogP contribution is 2.27. The molecule has 0 amide bonds. The third-order valence-corrected chi connectivity index (χ3v) is 2.05. The molecule has 0 heterocycles. The Morgan fingerprint density at radius 1 is 1.57 bits per heavy atom. The average Bonchev–Trinajstić information content (AvgIpc) is 2.88. The molecule has 1 aliphatic rings. The van der Waals surface area contributed by atoms with Crippen LogP contribution in [0, 0.1) is 5.92 Å². The zero-order valence-electron chi connectivity index (χ0n) is 8.19. The van der Waals surface area contributed by atoms with E-state index in [1.165, 1.54) is 6.92 Å². The van der Waals surface area contributed by atoms with E-state index in [1.807, 2.05) is 0 Å². The van der Waals surface area contributed by atoms with Crippen LogP contribution in [0.2, 0.25) is 0 Å². The smallest absolute Gasteiger partial charge is 0.378 e. The normalized spacial score (nSPS) is 16.8. The predicted molar refractivity (Wildman–Crippen MR) is 47.2 cm³/mol. The first-order valence-electron chi connectivity index (χ1n) is 4.82. The molecule has 1 fully saturated rings. The van der Waals surface area contributed by atoms with Gasteiger partial charge in [0.2, 0.25) is 0 Å². The van der Waals surface area contributed by atoms with Gasteiger partial charge in [-0.3, -0.25) is 0 Å². The largest absolute Gasteiger partial charge is 0.462 e. The standard InChI is InChI=1S/C9H15F2NO2/c1-2-14-8(13)9(10,11)6-12-5-7-3-4-7/h7,12H,2-6H2,1H3. The van der Waals surface area contributed by atoms with Crippen molar-refractivity contribution in [2.75, 3.05) is 19.7 Å². The van der Waals surface area contributed by atoms with Gasteiger partial charge in [-0.2, -0.15) is 8.78 Å². The first kappa shape index (κ1) is 11.4. The number of carbonyl (C=O) groups excluding carboxylic acids is 1. The van der Waals surface area contributed by atoms with Crippen LogP contribution in [0.1, 0.15) is 19.8 Å². The second kappa shape index (κ2) is 4.68. The number of alkyl halides is 2. The van der Waals surface area contributed by atoms with Gasteiger partial charge in [-0.1, -0.05) is 0 Å². The first-order valence-corrected chi connectivity index (χ1v) is 4.82. The van der Waals surface area contributed by atoms with Crippen LogP contribution in [0.25, 0.3) is 0 Å². The van der Waals surface area contributed by atoms with E-state index in [1.54, 1.807) is 0 Å². The first-order chi connectivity index (χ1) is 6.56. The van der Waals surface area contributed by atoms with Crippen molar-refractivity contribution in [1.82, 2.24) is 5.32 Å². The summed E-state index contributed by atoms with van der Waals surface area (Å²) in [6, 6.07) is 0. The quantitative estimate of drug-likeness (QED) is 0.665. The van der Waals surface area contributed by atoms with Gasteiger partial charge < -0.3 is 10.1 Å². The van der Waals surface area contributed by atoms with Gasteiger partial charge in [0.1, 0.15) is 0 Å². The summed E-state index contributed by atoms with van der Waals surface area (Å²) in [5.74, 6) is -4.32. The maximum atomic E-state index is 12.9. The zero-order chi connectivity index (χ0) is 10.6. The Hall–Kier alpha value is -0.710. The zero-order valence-corrected chi connectivity index (χ0v) is 8.19. The summed E-state index contributed by atoms with van der Waals surface area (Å²) in [7, 11) is 0. The van der Waals surface area contributed by atoms with Crippen LogP contribution in [0.15, 0.2) is 0 Å². The van der Waals surface area contributed by atoms with Crippen LogP contribution in [0.3, 0.4) is 0 Å². The predicted octanol–water partition coefficient (Wildman–Crippen LogP) is 1.18. The molecule has 1 saturated carbocycles.